The third kappa shape index (κ3) is 4.36. The summed E-state index contributed by atoms with van der Waals surface area (Å²) in [6.45, 7) is 7.37. The summed E-state index contributed by atoms with van der Waals surface area (Å²) in [5.74, 6) is 0.583. The van der Waals surface area contributed by atoms with Gasteiger partial charge in [-0.1, -0.05) is 36.2 Å². The molecular weight excluding hydrogens is 495 g/mol. The van der Waals surface area contributed by atoms with Gasteiger partial charge in [0, 0.05) is 30.4 Å². The maximum atomic E-state index is 12.3. The Hall–Kier alpha value is -3.35. The number of nitrogens with zero attached hydrogens (tertiary/aromatic N) is 4. The molecule has 2 aromatic carbocycles. The van der Waals surface area contributed by atoms with Gasteiger partial charge < -0.3 is 13.9 Å². The molecular formula is C28H26Cl2N4O2. The number of hydrogen-bond donors (Lipinski definition) is 0. The molecule has 0 aliphatic heterocycles. The number of carbonyl (C=O) groups is 1. The second-order valence-electron chi connectivity index (χ2n) is 8.97. The van der Waals surface area contributed by atoms with E-state index >= 15 is 0 Å². The maximum absolute atomic E-state index is 12.3. The number of ether oxygens (including phenoxy) is 1. The molecule has 8 heteroatoms. The van der Waals surface area contributed by atoms with Crippen molar-refractivity contribution in [1.29, 1.82) is 0 Å². The molecule has 6 nitrogen and oxygen atoms in total. The van der Waals surface area contributed by atoms with E-state index in [4.69, 9.17) is 37.9 Å². The Kier molecular flexibility index (Phi) is 6.49. The zero-order valence-corrected chi connectivity index (χ0v) is 22.1. The van der Waals surface area contributed by atoms with E-state index in [1.54, 1.807) is 12.1 Å². The van der Waals surface area contributed by atoms with Gasteiger partial charge in [-0.15, -0.1) is 0 Å². The van der Waals surface area contributed by atoms with Gasteiger partial charge in [0.2, 0.25) is 0 Å². The monoisotopic (exact) mass is 520 g/mol. The van der Waals surface area contributed by atoms with Crippen LogP contribution in [0.4, 0.5) is 0 Å². The number of fused-ring (bicyclic) bond motifs is 2. The van der Waals surface area contributed by atoms with Crippen molar-refractivity contribution >= 4 is 51.2 Å². The summed E-state index contributed by atoms with van der Waals surface area (Å²) in [7, 11) is 1.35. The van der Waals surface area contributed by atoms with Crippen LogP contribution in [0.25, 0.3) is 22.1 Å². The highest BCUT2D eigenvalue weighted by Crippen LogP contribution is 2.29. The summed E-state index contributed by atoms with van der Waals surface area (Å²) in [5, 5.41) is 1.83. The summed E-state index contributed by atoms with van der Waals surface area (Å²) in [4.78, 5) is 22.0. The van der Waals surface area contributed by atoms with Crippen molar-refractivity contribution in [2.75, 3.05) is 7.11 Å². The highest BCUT2D eigenvalue weighted by molar-refractivity contribution is 6.42. The summed E-state index contributed by atoms with van der Waals surface area (Å²) in [6, 6.07) is 13.9. The molecule has 0 saturated heterocycles. The van der Waals surface area contributed by atoms with Crippen LogP contribution in [-0.2, 0) is 24.2 Å². The Morgan fingerprint density at radius 2 is 1.78 bits per heavy atom. The Morgan fingerprint density at radius 3 is 2.53 bits per heavy atom. The van der Waals surface area contributed by atoms with Gasteiger partial charge in [0.05, 0.1) is 29.3 Å². The molecule has 3 aromatic heterocycles. The van der Waals surface area contributed by atoms with E-state index in [-0.39, 0.29) is 0 Å². The normalized spacial score (nSPS) is 11.5. The lowest BCUT2D eigenvalue weighted by Gasteiger charge is -2.12. The number of rotatable bonds is 6. The first-order valence-corrected chi connectivity index (χ1v) is 12.5. The first kappa shape index (κ1) is 24.3. The van der Waals surface area contributed by atoms with Crippen molar-refractivity contribution in [3.63, 3.8) is 0 Å². The fourth-order valence-corrected chi connectivity index (χ4v) is 5.11. The van der Waals surface area contributed by atoms with E-state index in [9.17, 15) is 4.79 Å². The quantitative estimate of drug-likeness (QED) is 0.232. The molecule has 0 atom stereocenters. The molecule has 0 saturated carbocycles. The van der Waals surface area contributed by atoms with Crippen LogP contribution in [0, 0.1) is 13.8 Å². The molecule has 184 valence electrons. The smallest absolute Gasteiger partial charge is 0.338 e. The Labute approximate surface area is 219 Å². The molecule has 0 bridgehead atoms. The predicted octanol–water partition coefficient (Wildman–Crippen LogP) is 6.76. The number of esters is 1. The van der Waals surface area contributed by atoms with Crippen molar-refractivity contribution < 1.29 is 9.53 Å². The lowest BCUT2D eigenvalue weighted by Crippen LogP contribution is -2.09. The van der Waals surface area contributed by atoms with Gasteiger partial charge in [0.15, 0.2) is 5.65 Å². The molecule has 0 aliphatic carbocycles. The minimum atomic E-state index is -0.444. The van der Waals surface area contributed by atoms with Crippen LogP contribution in [0.1, 0.15) is 45.5 Å². The molecule has 36 heavy (non-hydrogen) atoms. The molecule has 5 rings (SSSR count). The average molecular weight is 521 g/mol. The lowest BCUT2D eigenvalue weighted by atomic mass is 10.1. The van der Waals surface area contributed by atoms with E-state index in [1.807, 2.05) is 13.1 Å². The molecule has 5 aromatic rings. The molecule has 0 radical (unpaired) electrons. The van der Waals surface area contributed by atoms with Crippen molar-refractivity contribution in [3.05, 3.63) is 92.5 Å². The number of methoxy groups -OCH3 is 1. The number of hydrogen-bond acceptors (Lipinski definition) is 4. The fraction of sp³-hybridized carbons (Fsp3) is 0.250. The number of halogens is 2. The van der Waals surface area contributed by atoms with Gasteiger partial charge in [0.1, 0.15) is 11.3 Å². The van der Waals surface area contributed by atoms with E-state index in [0.717, 1.165) is 51.1 Å². The van der Waals surface area contributed by atoms with Crippen molar-refractivity contribution in [1.82, 2.24) is 19.1 Å². The van der Waals surface area contributed by atoms with Crippen LogP contribution in [0.5, 0.6) is 0 Å². The molecule has 0 amide bonds. The van der Waals surface area contributed by atoms with E-state index in [0.29, 0.717) is 28.7 Å². The van der Waals surface area contributed by atoms with Crippen LogP contribution >= 0.6 is 23.2 Å². The Bertz CT molecular complexity index is 1630. The Balaban J connectivity index is 1.50. The maximum Gasteiger partial charge on any atom is 0.338 e. The molecule has 3 heterocycles. The molecule has 0 aliphatic rings. The largest absolute Gasteiger partial charge is 0.465 e. The van der Waals surface area contributed by atoms with Gasteiger partial charge in [0.25, 0.3) is 0 Å². The number of carbonyl (C=O) groups excluding carboxylic acids is 1. The number of aromatic nitrogens is 4. The highest BCUT2D eigenvalue weighted by atomic mass is 35.5. The van der Waals surface area contributed by atoms with Crippen LogP contribution in [0.15, 0.2) is 48.7 Å². The van der Waals surface area contributed by atoms with Crippen molar-refractivity contribution in [2.45, 2.75) is 40.3 Å². The first-order chi connectivity index (χ1) is 17.3. The zero-order valence-electron chi connectivity index (χ0n) is 20.6. The van der Waals surface area contributed by atoms with Gasteiger partial charge in [-0.05, 0) is 72.3 Å². The highest BCUT2D eigenvalue weighted by Gasteiger charge is 2.17. The van der Waals surface area contributed by atoms with Gasteiger partial charge in [-0.3, -0.25) is 0 Å². The third-order valence-corrected chi connectivity index (χ3v) is 7.21. The van der Waals surface area contributed by atoms with Crippen molar-refractivity contribution in [3.8, 4) is 0 Å². The second-order valence-corrected chi connectivity index (χ2v) is 9.79. The number of pyridine rings is 1. The summed E-state index contributed by atoms with van der Waals surface area (Å²) in [5.41, 5.74) is 7.40. The molecule has 0 spiro atoms. The van der Waals surface area contributed by atoms with Crippen molar-refractivity contribution in [2.24, 2.45) is 0 Å². The van der Waals surface area contributed by atoms with Crippen LogP contribution in [-0.4, -0.2) is 32.2 Å². The van der Waals surface area contributed by atoms with E-state index < -0.39 is 5.97 Å². The minimum absolute atomic E-state index is 0.321. The average Bonchev–Trinajstić information content (AvgIpc) is 3.41. The first-order valence-electron chi connectivity index (χ1n) is 11.8. The molecule has 0 N–H and O–H groups in total. The number of imidazole rings is 1. The van der Waals surface area contributed by atoms with Crippen LogP contribution in [0.3, 0.4) is 0 Å². The second kappa shape index (κ2) is 9.60. The van der Waals surface area contributed by atoms with E-state index in [1.165, 1.54) is 12.7 Å². The Morgan fingerprint density at radius 1 is 1.00 bits per heavy atom. The van der Waals surface area contributed by atoms with Crippen LogP contribution < -0.4 is 0 Å². The molecule has 0 fully saturated rings. The standard InChI is InChI=1S/C28H26Cl2N4O2/c1-5-25-32-26-16(2)10-17(3)31-27(26)34(25)14-18-6-7-24-19(11-18)8-9-33(24)15-20-12-22(29)23(30)13-21(20)28(35)36-4/h6-13H,5,14-15H2,1-4H3. The van der Waals surface area contributed by atoms with E-state index in [2.05, 4.69) is 53.3 Å². The summed E-state index contributed by atoms with van der Waals surface area (Å²) >= 11 is 12.4. The third-order valence-electron chi connectivity index (χ3n) is 6.49. The SMILES string of the molecule is CCc1nc2c(C)cc(C)nc2n1Cc1ccc2c(ccn2Cc2cc(Cl)c(Cl)cc2C(=O)OC)c1. The zero-order chi connectivity index (χ0) is 25.6. The van der Waals surface area contributed by atoms with Gasteiger partial charge in [-0.2, -0.15) is 0 Å². The lowest BCUT2D eigenvalue weighted by molar-refractivity contribution is 0.0599. The topological polar surface area (TPSA) is 61.9 Å². The predicted molar refractivity (Wildman–Crippen MR) is 144 cm³/mol. The number of aryl methyl sites for hydroxylation is 3. The van der Waals surface area contributed by atoms with Gasteiger partial charge >= 0.3 is 5.97 Å². The van der Waals surface area contributed by atoms with Crippen LogP contribution in [0.2, 0.25) is 10.0 Å². The summed E-state index contributed by atoms with van der Waals surface area (Å²) in [6.07, 6.45) is 2.84. The number of benzene rings is 2. The minimum Gasteiger partial charge on any atom is -0.465 e. The fourth-order valence-electron chi connectivity index (χ4n) is 4.76. The summed E-state index contributed by atoms with van der Waals surface area (Å²) < 4.78 is 9.25. The molecule has 0 unspecified atom stereocenters. The van der Waals surface area contributed by atoms with Gasteiger partial charge in [-0.25, -0.2) is 14.8 Å².